The van der Waals surface area contributed by atoms with Crippen molar-refractivity contribution in [3.63, 3.8) is 0 Å². The lowest BCUT2D eigenvalue weighted by atomic mass is 10.3. The summed E-state index contributed by atoms with van der Waals surface area (Å²) < 4.78 is 5.29. The minimum atomic E-state index is 0. The lowest BCUT2D eigenvalue weighted by Crippen LogP contribution is -2.38. The molecule has 1 heterocycles. The van der Waals surface area contributed by atoms with Gasteiger partial charge in [-0.1, -0.05) is 13.8 Å². The van der Waals surface area contributed by atoms with E-state index < -0.39 is 0 Å². The standard InChI is InChI=1S/C16H30N4O.HI/c1-4-17-16(19-14-15-10-9-13-21-15)18-11-7-8-12-20(5-2)6-3;/h9-10,13H,4-8,11-12,14H2,1-3H3,(H2,17,18,19);1H. The molecule has 2 N–H and O–H groups in total. The van der Waals surface area contributed by atoms with Gasteiger partial charge in [0, 0.05) is 13.1 Å². The zero-order chi connectivity index (χ0) is 15.3. The molecule has 0 radical (unpaired) electrons. The smallest absolute Gasteiger partial charge is 0.191 e. The number of furan rings is 1. The Bertz CT molecular complexity index is 378. The maximum atomic E-state index is 5.29. The molecule has 0 unspecified atom stereocenters. The predicted octanol–water partition coefficient (Wildman–Crippen LogP) is 3.07. The van der Waals surface area contributed by atoms with Crippen molar-refractivity contribution in [3.05, 3.63) is 24.2 Å². The van der Waals surface area contributed by atoms with Crippen LogP contribution in [0.15, 0.2) is 27.8 Å². The van der Waals surface area contributed by atoms with Gasteiger partial charge in [-0.2, -0.15) is 0 Å². The maximum absolute atomic E-state index is 5.29. The first kappa shape index (κ1) is 21.2. The molecule has 22 heavy (non-hydrogen) atoms. The van der Waals surface area contributed by atoms with Crippen molar-refractivity contribution >= 4 is 29.9 Å². The van der Waals surface area contributed by atoms with Crippen LogP contribution < -0.4 is 10.6 Å². The molecule has 0 atom stereocenters. The van der Waals surface area contributed by atoms with Crippen molar-refractivity contribution in [2.24, 2.45) is 4.99 Å². The van der Waals surface area contributed by atoms with Crippen molar-refractivity contribution in [1.82, 2.24) is 15.5 Å². The van der Waals surface area contributed by atoms with Crippen molar-refractivity contribution in [1.29, 1.82) is 0 Å². The minimum absolute atomic E-state index is 0. The van der Waals surface area contributed by atoms with Gasteiger partial charge in [0.15, 0.2) is 5.96 Å². The third-order valence-electron chi connectivity index (χ3n) is 3.41. The van der Waals surface area contributed by atoms with Crippen LogP contribution in [0.25, 0.3) is 0 Å². The third kappa shape index (κ3) is 9.30. The Balaban J connectivity index is 0.00000441. The summed E-state index contributed by atoms with van der Waals surface area (Å²) in [6.07, 6.45) is 4.05. The van der Waals surface area contributed by atoms with Crippen LogP contribution in [0.1, 0.15) is 39.4 Å². The molecule has 0 aliphatic heterocycles. The second kappa shape index (κ2) is 13.9. The molecule has 1 aromatic heterocycles. The van der Waals surface area contributed by atoms with Gasteiger partial charge in [-0.05, 0) is 51.5 Å². The van der Waals surface area contributed by atoms with Crippen LogP contribution in [0.4, 0.5) is 0 Å². The van der Waals surface area contributed by atoms with Gasteiger partial charge in [0.05, 0.1) is 6.26 Å². The Morgan fingerprint density at radius 3 is 2.55 bits per heavy atom. The predicted molar refractivity (Wildman–Crippen MR) is 104 cm³/mol. The van der Waals surface area contributed by atoms with Gasteiger partial charge >= 0.3 is 0 Å². The normalized spacial score (nSPS) is 11.4. The first-order chi connectivity index (χ1) is 10.3. The van der Waals surface area contributed by atoms with E-state index in [0.29, 0.717) is 6.54 Å². The SMILES string of the molecule is CCNC(=NCc1ccco1)NCCCCN(CC)CC.I. The highest BCUT2D eigenvalue weighted by Gasteiger charge is 2.00. The molecule has 128 valence electrons. The van der Waals surface area contributed by atoms with Gasteiger partial charge in [0.1, 0.15) is 12.3 Å². The first-order valence-electron chi connectivity index (χ1n) is 8.07. The number of hydrogen-bond acceptors (Lipinski definition) is 3. The minimum Gasteiger partial charge on any atom is -0.467 e. The largest absolute Gasteiger partial charge is 0.467 e. The van der Waals surface area contributed by atoms with E-state index in [4.69, 9.17) is 4.42 Å². The molecule has 1 rings (SSSR count). The molecule has 0 amide bonds. The second-order valence-electron chi connectivity index (χ2n) is 4.94. The van der Waals surface area contributed by atoms with Crippen LogP contribution in [-0.4, -0.2) is 43.6 Å². The molecule has 0 aliphatic rings. The average molecular weight is 422 g/mol. The summed E-state index contributed by atoms with van der Waals surface area (Å²) in [5.74, 6) is 1.74. The van der Waals surface area contributed by atoms with Gasteiger partial charge in [0.2, 0.25) is 0 Å². The molecular weight excluding hydrogens is 391 g/mol. The molecule has 5 nitrogen and oxygen atoms in total. The highest BCUT2D eigenvalue weighted by Crippen LogP contribution is 2.01. The van der Waals surface area contributed by atoms with E-state index in [1.54, 1.807) is 6.26 Å². The molecule has 0 saturated carbocycles. The average Bonchev–Trinajstić information content (AvgIpc) is 3.01. The molecule has 1 aromatic rings. The number of nitrogens with one attached hydrogen (secondary N) is 2. The Labute approximate surface area is 152 Å². The monoisotopic (exact) mass is 422 g/mol. The lowest BCUT2D eigenvalue weighted by molar-refractivity contribution is 0.297. The fraction of sp³-hybridized carbons (Fsp3) is 0.688. The molecule has 0 bridgehead atoms. The van der Waals surface area contributed by atoms with Crippen LogP contribution >= 0.6 is 24.0 Å². The fourth-order valence-electron chi connectivity index (χ4n) is 2.11. The van der Waals surface area contributed by atoms with Gasteiger partial charge < -0.3 is 20.0 Å². The topological polar surface area (TPSA) is 52.8 Å². The molecule has 0 spiro atoms. The quantitative estimate of drug-likeness (QED) is 0.263. The summed E-state index contributed by atoms with van der Waals surface area (Å²) in [4.78, 5) is 6.97. The number of rotatable bonds is 10. The Kier molecular flexibility index (Phi) is 13.4. The summed E-state index contributed by atoms with van der Waals surface area (Å²) >= 11 is 0. The van der Waals surface area contributed by atoms with Crippen LogP contribution in [0, 0.1) is 0 Å². The van der Waals surface area contributed by atoms with E-state index in [9.17, 15) is 0 Å². The summed E-state index contributed by atoms with van der Waals surface area (Å²) in [5, 5.41) is 6.63. The summed E-state index contributed by atoms with van der Waals surface area (Å²) in [6, 6.07) is 3.83. The van der Waals surface area contributed by atoms with E-state index in [1.807, 2.05) is 12.1 Å². The Morgan fingerprint density at radius 1 is 1.18 bits per heavy atom. The zero-order valence-corrected chi connectivity index (χ0v) is 16.4. The van der Waals surface area contributed by atoms with E-state index in [2.05, 4.69) is 41.3 Å². The fourth-order valence-corrected chi connectivity index (χ4v) is 2.11. The van der Waals surface area contributed by atoms with Crippen LogP contribution in [0.3, 0.4) is 0 Å². The summed E-state index contributed by atoms with van der Waals surface area (Å²) in [7, 11) is 0. The van der Waals surface area contributed by atoms with Gasteiger partial charge in [-0.15, -0.1) is 24.0 Å². The first-order valence-corrected chi connectivity index (χ1v) is 8.07. The molecule has 0 saturated heterocycles. The van der Waals surface area contributed by atoms with E-state index in [0.717, 1.165) is 44.3 Å². The number of hydrogen-bond donors (Lipinski definition) is 2. The van der Waals surface area contributed by atoms with Gasteiger partial charge in [-0.3, -0.25) is 0 Å². The van der Waals surface area contributed by atoms with Gasteiger partial charge in [0.25, 0.3) is 0 Å². The Hall–Kier alpha value is -0.760. The molecule has 0 aliphatic carbocycles. The van der Waals surface area contributed by atoms with Crippen molar-refractivity contribution in [3.8, 4) is 0 Å². The summed E-state index contributed by atoms with van der Waals surface area (Å²) in [5.41, 5.74) is 0. The van der Waals surface area contributed by atoms with E-state index in [1.165, 1.54) is 13.0 Å². The zero-order valence-electron chi connectivity index (χ0n) is 14.1. The Morgan fingerprint density at radius 2 is 1.95 bits per heavy atom. The second-order valence-corrected chi connectivity index (χ2v) is 4.94. The molecule has 0 fully saturated rings. The maximum Gasteiger partial charge on any atom is 0.191 e. The van der Waals surface area contributed by atoms with Crippen LogP contribution in [0.5, 0.6) is 0 Å². The number of halogens is 1. The van der Waals surface area contributed by atoms with Gasteiger partial charge in [-0.25, -0.2) is 4.99 Å². The summed E-state index contributed by atoms with van der Waals surface area (Å²) in [6.45, 7) is 12.3. The molecule has 6 heteroatoms. The molecule has 0 aromatic carbocycles. The lowest BCUT2D eigenvalue weighted by Gasteiger charge is -2.17. The van der Waals surface area contributed by atoms with Crippen LogP contribution in [0.2, 0.25) is 0 Å². The third-order valence-corrected chi connectivity index (χ3v) is 3.41. The number of aliphatic imine (C=N–C) groups is 1. The highest BCUT2D eigenvalue weighted by molar-refractivity contribution is 14.0. The van der Waals surface area contributed by atoms with E-state index in [-0.39, 0.29) is 24.0 Å². The van der Waals surface area contributed by atoms with Crippen molar-refractivity contribution in [2.75, 3.05) is 32.7 Å². The number of nitrogens with zero attached hydrogens (tertiary/aromatic N) is 2. The number of unbranched alkanes of at least 4 members (excludes halogenated alkanes) is 1. The van der Waals surface area contributed by atoms with Crippen molar-refractivity contribution < 1.29 is 4.42 Å². The number of guanidine groups is 1. The van der Waals surface area contributed by atoms with E-state index >= 15 is 0 Å². The highest BCUT2D eigenvalue weighted by atomic mass is 127. The van der Waals surface area contributed by atoms with Crippen LogP contribution in [-0.2, 0) is 6.54 Å². The molecular formula is C16H31IN4O. The van der Waals surface area contributed by atoms with Crippen molar-refractivity contribution in [2.45, 2.75) is 40.2 Å².